The normalized spacial score (nSPS) is 25.6. The van der Waals surface area contributed by atoms with E-state index < -0.39 is 11.3 Å². The molecule has 0 aliphatic carbocycles. The molecule has 1 aromatic rings. The van der Waals surface area contributed by atoms with Crippen LogP contribution in [-0.4, -0.2) is 44.1 Å². The number of ether oxygens (including phenoxy) is 2. The Labute approximate surface area is 124 Å². The SMILES string of the molecule is COC(=O)[C@@H]1CN(Cc2ccccc2)C[C@@]1(C)C(=O)OC. The van der Waals surface area contributed by atoms with Crippen molar-refractivity contribution in [3.63, 3.8) is 0 Å². The Morgan fingerprint density at radius 2 is 1.90 bits per heavy atom. The first-order valence-corrected chi connectivity index (χ1v) is 6.94. The van der Waals surface area contributed by atoms with Crippen LogP contribution in [0.1, 0.15) is 12.5 Å². The van der Waals surface area contributed by atoms with Gasteiger partial charge < -0.3 is 9.47 Å². The van der Waals surface area contributed by atoms with Crippen LogP contribution in [0.5, 0.6) is 0 Å². The Bertz CT molecular complexity index is 516. The lowest BCUT2D eigenvalue weighted by molar-refractivity contribution is -0.161. The summed E-state index contributed by atoms with van der Waals surface area (Å²) in [5.41, 5.74) is 0.284. The molecule has 0 saturated carbocycles. The van der Waals surface area contributed by atoms with Gasteiger partial charge in [-0.05, 0) is 12.5 Å². The first kappa shape index (κ1) is 15.5. The molecule has 0 amide bonds. The molecule has 1 heterocycles. The molecule has 0 aromatic heterocycles. The fraction of sp³-hybridized carbons (Fsp3) is 0.500. The van der Waals surface area contributed by atoms with Crippen LogP contribution in [0.25, 0.3) is 0 Å². The molecule has 5 heteroatoms. The van der Waals surface area contributed by atoms with E-state index in [4.69, 9.17) is 9.47 Å². The zero-order chi connectivity index (χ0) is 15.5. The van der Waals surface area contributed by atoms with Crippen molar-refractivity contribution in [1.82, 2.24) is 4.90 Å². The minimum atomic E-state index is -0.864. The van der Waals surface area contributed by atoms with Gasteiger partial charge in [-0.15, -0.1) is 0 Å². The summed E-state index contributed by atoms with van der Waals surface area (Å²) in [6.07, 6.45) is 0. The summed E-state index contributed by atoms with van der Waals surface area (Å²) in [7, 11) is 2.70. The van der Waals surface area contributed by atoms with Crippen LogP contribution >= 0.6 is 0 Å². The van der Waals surface area contributed by atoms with E-state index in [0.29, 0.717) is 19.6 Å². The van der Waals surface area contributed by atoms with Crippen molar-refractivity contribution in [3.05, 3.63) is 35.9 Å². The molecular weight excluding hydrogens is 270 g/mol. The highest BCUT2D eigenvalue weighted by atomic mass is 16.5. The lowest BCUT2D eigenvalue weighted by Crippen LogP contribution is -2.40. The number of carbonyl (C=O) groups is 2. The number of nitrogens with zero attached hydrogens (tertiary/aromatic N) is 1. The van der Waals surface area contributed by atoms with E-state index in [1.807, 2.05) is 30.3 Å². The Morgan fingerprint density at radius 1 is 1.24 bits per heavy atom. The summed E-state index contributed by atoms with van der Waals surface area (Å²) in [6, 6.07) is 9.97. The Kier molecular flexibility index (Phi) is 4.63. The van der Waals surface area contributed by atoms with Crippen LogP contribution in [0.15, 0.2) is 30.3 Å². The highest BCUT2D eigenvalue weighted by Gasteiger charge is 2.53. The quantitative estimate of drug-likeness (QED) is 0.786. The van der Waals surface area contributed by atoms with Crippen LogP contribution in [0.3, 0.4) is 0 Å². The number of hydrogen-bond donors (Lipinski definition) is 0. The van der Waals surface area contributed by atoms with E-state index in [-0.39, 0.29) is 11.9 Å². The third kappa shape index (κ3) is 3.08. The van der Waals surface area contributed by atoms with Gasteiger partial charge in [0.1, 0.15) is 0 Å². The van der Waals surface area contributed by atoms with Gasteiger partial charge in [0, 0.05) is 19.6 Å². The molecule has 0 radical (unpaired) electrons. The van der Waals surface area contributed by atoms with Gasteiger partial charge in [0.05, 0.1) is 25.6 Å². The topological polar surface area (TPSA) is 55.8 Å². The number of methoxy groups -OCH3 is 2. The van der Waals surface area contributed by atoms with E-state index in [2.05, 4.69) is 4.90 Å². The van der Waals surface area contributed by atoms with Crippen molar-refractivity contribution in [2.24, 2.45) is 11.3 Å². The number of likely N-dealkylation sites (tertiary alicyclic amines) is 1. The number of benzene rings is 1. The summed E-state index contributed by atoms with van der Waals surface area (Å²) in [5.74, 6) is -1.23. The van der Waals surface area contributed by atoms with E-state index in [9.17, 15) is 9.59 Å². The second kappa shape index (κ2) is 6.26. The monoisotopic (exact) mass is 291 g/mol. The number of hydrogen-bond acceptors (Lipinski definition) is 5. The third-order valence-corrected chi connectivity index (χ3v) is 4.15. The smallest absolute Gasteiger partial charge is 0.313 e. The van der Waals surface area contributed by atoms with Crippen molar-refractivity contribution < 1.29 is 19.1 Å². The largest absolute Gasteiger partial charge is 0.469 e. The minimum absolute atomic E-state index is 0.363. The molecule has 1 saturated heterocycles. The number of carbonyl (C=O) groups excluding carboxylic acids is 2. The summed E-state index contributed by atoms with van der Waals surface area (Å²) in [6.45, 7) is 3.44. The predicted octanol–water partition coefficient (Wildman–Crippen LogP) is 1.47. The van der Waals surface area contributed by atoms with Crippen molar-refractivity contribution in [2.45, 2.75) is 13.5 Å². The van der Waals surface area contributed by atoms with Crippen molar-refractivity contribution in [2.75, 3.05) is 27.3 Å². The van der Waals surface area contributed by atoms with Gasteiger partial charge in [-0.1, -0.05) is 30.3 Å². The maximum absolute atomic E-state index is 12.1. The molecule has 21 heavy (non-hydrogen) atoms. The van der Waals surface area contributed by atoms with Crippen LogP contribution in [0, 0.1) is 11.3 Å². The zero-order valence-electron chi connectivity index (χ0n) is 12.7. The molecule has 1 aliphatic rings. The van der Waals surface area contributed by atoms with Crippen LogP contribution < -0.4 is 0 Å². The van der Waals surface area contributed by atoms with Crippen molar-refractivity contribution in [3.8, 4) is 0 Å². The lowest BCUT2D eigenvalue weighted by Gasteiger charge is -2.25. The first-order valence-electron chi connectivity index (χ1n) is 6.94. The highest BCUT2D eigenvalue weighted by Crippen LogP contribution is 2.38. The van der Waals surface area contributed by atoms with Gasteiger partial charge in [-0.25, -0.2) is 0 Å². The summed E-state index contributed by atoms with van der Waals surface area (Å²) < 4.78 is 9.74. The van der Waals surface area contributed by atoms with E-state index in [0.717, 1.165) is 5.56 Å². The highest BCUT2D eigenvalue weighted by molar-refractivity contribution is 5.86. The van der Waals surface area contributed by atoms with E-state index in [1.165, 1.54) is 14.2 Å². The number of rotatable bonds is 4. The molecule has 2 atom stereocenters. The van der Waals surface area contributed by atoms with Gasteiger partial charge >= 0.3 is 11.9 Å². The molecule has 1 fully saturated rings. The molecular formula is C16H21NO4. The van der Waals surface area contributed by atoms with E-state index >= 15 is 0 Å². The predicted molar refractivity (Wildman–Crippen MR) is 77.3 cm³/mol. The summed E-state index contributed by atoms with van der Waals surface area (Å²) in [5, 5.41) is 0. The molecule has 1 aliphatic heterocycles. The van der Waals surface area contributed by atoms with Crippen LogP contribution in [-0.2, 0) is 25.6 Å². The molecule has 0 spiro atoms. The Balaban J connectivity index is 2.18. The Morgan fingerprint density at radius 3 is 2.48 bits per heavy atom. The fourth-order valence-corrected chi connectivity index (χ4v) is 2.98. The van der Waals surface area contributed by atoms with Crippen molar-refractivity contribution in [1.29, 1.82) is 0 Å². The van der Waals surface area contributed by atoms with E-state index in [1.54, 1.807) is 6.92 Å². The molecule has 1 aromatic carbocycles. The second-order valence-corrected chi connectivity index (χ2v) is 5.64. The molecule has 0 bridgehead atoms. The Hall–Kier alpha value is -1.88. The lowest BCUT2D eigenvalue weighted by atomic mass is 9.80. The first-order chi connectivity index (χ1) is 10.0. The van der Waals surface area contributed by atoms with Gasteiger partial charge in [0.2, 0.25) is 0 Å². The maximum atomic E-state index is 12.1. The minimum Gasteiger partial charge on any atom is -0.469 e. The summed E-state index contributed by atoms with van der Waals surface area (Å²) in [4.78, 5) is 26.2. The average Bonchev–Trinajstić information content (AvgIpc) is 2.84. The van der Waals surface area contributed by atoms with Gasteiger partial charge in [0.25, 0.3) is 0 Å². The third-order valence-electron chi connectivity index (χ3n) is 4.15. The zero-order valence-corrected chi connectivity index (χ0v) is 12.7. The molecule has 5 nitrogen and oxygen atoms in total. The maximum Gasteiger partial charge on any atom is 0.313 e. The van der Waals surface area contributed by atoms with Crippen LogP contribution in [0.4, 0.5) is 0 Å². The standard InChI is InChI=1S/C16H21NO4/c1-16(15(19)21-3)11-17(10-13(16)14(18)20-2)9-12-7-5-4-6-8-12/h4-8,13H,9-11H2,1-3H3/t13-,16+/m0/s1. The molecule has 2 rings (SSSR count). The molecule has 0 N–H and O–H groups in total. The van der Waals surface area contributed by atoms with Crippen molar-refractivity contribution >= 4 is 11.9 Å². The fourth-order valence-electron chi connectivity index (χ4n) is 2.98. The number of esters is 2. The molecule has 0 unspecified atom stereocenters. The average molecular weight is 291 g/mol. The molecule has 114 valence electrons. The second-order valence-electron chi connectivity index (χ2n) is 5.64. The van der Waals surface area contributed by atoms with Gasteiger partial charge in [-0.3, -0.25) is 14.5 Å². The van der Waals surface area contributed by atoms with Gasteiger partial charge in [0.15, 0.2) is 0 Å². The van der Waals surface area contributed by atoms with Gasteiger partial charge in [-0.2, -0.15) is 0 Å². The van der Waals surface area contributed by atoms with Crippen LogP contribution in [0.2, 0.25) is 0 Å². The summed E-state index contributed by atoms with van der Waals surface area (Å²) >= 11 is 0.